The average Bonchev–Trinajstić information content (AvgIpc) is 3.26. The van der Waals surface area contributed by atoms with Gasteiger partial charge in [-0.3, -0.25) is 9.59 Å². The van der Waals surface area contributed by atoms with E-state index in [0.29, 0.717) is 17.4 Å². The Morgan fingerprint density at radius 2 is 0.891 bits per heavy atom. The molecule has 9 nitrogen and oxygen atoms in total. The molecule has 0 aliphatic heterocycles. The van der Waals surface area contributed by atoms with Gasteiger partial charge in [-0.05, 0) is 83.5 Å². The zero-order valence-electron chi connectivity index (χ0n) is 41.6. The number of esters is 2. The monoisotopic (exact) mass is 898 g/mol. The highest BCUT2D eigenvalue weighted by Crippen LogP contribution is 2.14. The highest BCUT2D eigenvalue weighted by atomic mass is 16.7. The van der Waals surface area contributed by atoms with Crippen LogP contribution >= 0.6 is 0 Å². The Morgan fingerprint density at radius 3 is 1.34 bits per heavy atom. The molecule has 0 heterocycles. The molecule has 0 aromatic heterocycles. The summed E-state index contributed by atoms with van der Waals surface area (Å²) in [7, 11) is 5.90. The van der Waals surface area contributed by atoms with Gasteiger partial charge in [0, 0.05) is 12.8 Å². The van der Waals surface area contributed by atoms with E-state index >= 15 is 0 Å². The fraction of sp³-hybridized carbons (Fsp3) is 0.727. The van der Waals surface area contributed by atoms with Gasteiger partial charge in [0.25, 0.3) is 0 Å². The number of ether oxygens (including phenoxy) is 4. The smallest absolute Gasteiger partial charge is 0.306 e. The van der Waals surface area contributed by atoms with E-state index in [-0.39, 0.29) is 38.6 Å². The molecule has 0 saturated heterocycles. The second-order valence-electron chi connectivity index (χ2n) is 18.1. The maximum Gasteiger partial charge on any atom is 0.306 e. The van der Waals surface area contributed by atoms with Crippen molar-refractivity contribution in [2.24, 2.45) is 0 Å². The Bertz CT molecular complexity index is 1280. The second-order valence-corrected chi connectivity index (χ2v) is 18.1. The van der Waals surface area contributed by atoms with E-state index in [2.05, 4.69) is 86.8 Å². The Morgan fingerprint density at radius 1 is 0.484 bits per heavy atom. The first-order chi connectivity index (χ1) is 31.1. The van der Waals surface area contributed by atoms with Gasteiger partial charge in [-0.1, -0.05) is 177 Å². The van der Waals surface area contributed by atoms with Crippen molar-refractivity contribution in [1.82, 2.24) is 0 Å². The number of likely N-dealkylation sites (N-methyl/N-ethyl adjacent to an activating group) is 1. The minimum Gasteiger partial charge on any atom is -0.545 e. The predicted molar refractivity (Wildman–Crippen MR) is 265 cm³/mol. The average molecular weight is 898 g/mol. The van der Waals surface area contributed by atoms with Crippen molar-refractivity contribution in [3.05, 3.63) is 72.9 Å². The summed E-state index contributed by atoms with van der Waals surface area (Å²) in [6.45, 7) is 4.60. The van der Waals surface area contributed by atoms with Crippen molar-refractivity contribution in [2.45, 2.75) is 212 Å². The van der Waals surface area contributed by atoms with Crippen molar-refractivity contribution in [3.63, 3.8) is 0 Å². The molecule has 2 atom stereocenters. The number of allylic oxidation sites excluding steroid dienone is 12. The molecule has 0 aliphatic carbocycles. The van der Waals surface area contributed by atoms with Gasteiger partial charge in [-0.2, -0.15) is 0 Å². The summed E-state index contributed by atoms with van der Waals surface area (Å²) in [5, 5.41) is 11.7. The molecule has 368 valence electrons. The summed E-state index contributed by atoms with van der Waals surface area (Å²) in [5.74, 6) is -2.32. The molecular formula is C55H95NO8. The van der Waals surface area contributed by atoms with Crippen molar-refractivity contribution in [2.75, 3.05) is 47.5 Å². The number of carboxylic acid groups (broad SMARTS) is 1. The second kappa shape index (κ2) is 46.3. The number of carbonyl (C=O) groups is 3. The third kappa shape index (κ3) is 46.7. The molecule has 0 amide bonds. The van der Waals surface area contributed by atoms with Crippen LogP contribution in [0.2, 0.25) is 0 Å². The summed E-state index contributed by atoms with van der Waals surface area (Å²) in [5.41, 5.74) is 0. The number of nitrogens with zero attached hydrogens (tertiary/aromatic N) is 1. The molecule has 0 N–H and O–H groups in total. The Kier molecular flexibility index (Phi) is 43.9. The van der Waals surface area contributed by atoms with Crippen LogP contribution in [0.5, 0.6) is 0 Å². The first-order valence-electron chi connectivity index (χ1n) is 25.6. The lowest BCUT2D eigenvalue weighted by Crippen LogP contribution is -2.44. The molecule has 0 bridgehead atoms. The first-order valence-corrected chi connectivity index (χ1v) is 25.6. The molecule has 0 aromatic carbocycles. The molecule has 0 fully saturated rings. The third-order valence-electron chi connectivity index (χ3n) is 10.7. The van der Waals surface area contributed by atoms with Crippen LogP contribution in [0, 0.1) is 0 Å². The lowest BCUT2D eigenvalue weighted by atomic mass is 10.1. The molecule has 0 rings (SSSR count). The number of hydrogen-bond acceptors (Lipinski definition) is 8. The number of hydrogen-bond donors (Lipinski definition) is 0. The fourth-order valence-electron chi connectivity index (χ4n) is 6.73. The number of aliphatic carboxylic acids is 1. The van der Waals surface area contributed by atoms with Crippen LogP contribution in [0.4, 0.5) is 0 Å². The van der Waals surface area contributed by atoms with Crippen molar-refractivity contribution in [1.29, 1.82) is 0 Å². The van der Waals surface area contributed by atoms with Gasteiger partial charge in [0.15, 0.2) is 12.4 Å². The number of rotatable bonds is 46. The summed E-state index contributed by atoms with van der Waals surface area (Å²) in [6.07, 6.45) is 55.0. The van der Waals surface area contributed by atoms with Gasteiger partial charge >= 0.3 is 11.9 Å². The van der Waals surface area contributed by atoms with Crippen LogP contribution in [0.1, 0.15) is 200 Å². The van der Waals surface area contributed by atoms with Crippen molar-refractivity contribution < 1.29 is 42.9 Å². The zero-order valence-corrected chi connectivity index (χ0v) is 41.6. The van der Waals surface area contributed by atoms with Crippen molar-refractivity contribution in [3.8, 4) is 0 Å². The van der Waals surface area contributed by atoms with Crippen LogP contribution in [0.25, 0.3) is 0 Å². The Hall–Kier alpha value is -3.27. The van der Waals surface area contributed by atoms with Crippen LogP contribution < -0.4 is 5.11 Å². The highest BCUT2D eigenvalue weighted by molar-refractivity contribution is 5.70. The van der Waals surface area contributed by atoms with Crippen LogP contribution in [-0.2, 0) is 33.3 Å². The molecule has 9 heteroatoms. The van der Waals surface area contributed by atoms with Gasteiger partial charge in [0.05, 0.1) is 40.3 Å². The molecule has 0 aliphatic rings. The van der Waals surface area contributed by atoms with E-state index in [4.69, 9.17) is 18.9 Å². The first kappa shape index (κ1) is 60.7. The zero-order chi connectivity index (χ0) is 47.0. The number of carboxylic acids is 1. The molecular weight excluding hydrogens is 803 g/mol. The van der Waals surface area contributed by atoms with Crippen LogP contribution in [0.15, 0.2) is 72.9 Å². The highest BCUT2D eigenvalue weighted by Gasteiger charge is 2.21. The summed E-state index contributed by atoms with van der Waals surface area (Å²) in [6, 6.07) is 0. The van der Waals surface area contributed by atoms with E-state index in [1.807, 2.05) is 21.1 Å². The van der Waals surface area contributed by atoms with E-state index in [9.17, 15) is 19.5 Å². The predicted octanol–water partition coefficient (Wildman–Crippen LogP) is 12.9. The standard InChI is InChI=1S/C55H95NO8/c1-6-8-10-12-14-16-18-20-22-24-26-27-28-30-32-34-36-38-40-42-44-46-53(58)64-51(50-63-55(54(59)60)61-48-47-56(3,4)5)49-62-52(57)45-43-41-39-37-35-33-31-29-25-23-21-19-17-15-13-11-9-7-2/h8,10,14,16,20,22-23,25-27,30,32,51,55H,6-7,9,11-13,15,17-19,21,24,28-29,31,33-50H2,1-5H3/b10-8-,16-14-,22-20-,25-23-,27-26-,32-30-. The van der Waals surface area contributed by atoms with E-state index < -0.39 is 24.3 Å². The molecule has 0 aromatic rings. The lowest BCUT2D eigenvalue weighted by molar-refractivity contribution is -0.870. The van der Waals surface area contributed by atoms with Crippen LogP contribution in [0.3, 0.4) is 0 Å². The van der Waals surface area contributed by atoms with Gasteiger partial charge in [-0.15, -0.1) is 0 Å². The number of quaternary nitrogens is 1. The maximum atomic E-state index is 12.8. The minimum absolute atomic E-state index is 0.140. The van der Waals surface area contributed by atoms with E-state index in [1.165, 1.54) is 70.6 Å². The van der Waals surface area contributed by atoms with Gasteiger partial charge in [0.1, 0.15) is 13.2 Å². The minimum atomic E-state index is -1.63. The summed E-state index contributed by atoms with van der Waals surface area (Å²) in [4.78, 5) is 37.1. The van der Waals surface area contributed by atoms with E-state index in [0.717, 1.165) is 96.3 Å². The van der Waals surface area contributed by atoms with Crippen molar-refractivity contribution >= 4 is 17.9 Å². The summed E-state index contributed by atoms with van der Waals surface area (Å²) < 4.78 is 22.6. The molecule has 0 radical (unpaired) electrons. The lowest BCUT2D eigenvalue weighted by Gasteiger charge is -2.26. The topological polar surface area (TPSA) is 111 Å². The fourth-order valence-corrected chi connectivity index (χ4v) is 6.73. The molecule has 0 spiro atoms. The Labute approximate surface area is 392 Å². The quantitative estimate of drug-likeness (QED) is 0.0195. The normalized spacial score (nSPS) is 13.5. The Balaban J connectivity index is 4.41. The number of unbranched alkanes of at least 4 members (excludes halogenated alkanes) is 19. The molecule has 64 heavy (non-hydrogen) atoms. The van der Waals surface area contributed by atoms with Gasteiger partial charge in [-0.25, -0.2) is 0 Å². The SMILES string of the molecule is CC/C=C\C/C=C\C/C=C\C/C=C\C/C=C\CCCCCCCC(=O)OC(COC(=O)CCCCCCCCC/C=C\CCCCCCCCC)COC(OCC[N+](C)(C)C)C(=O)[O-]. The van der Waals surface area contributed by atoms with E-state index in [1.54, 1.807) is 0 Å². The summed E-state index contributed by atoms with van der Waals surface area (Å²) >= 11 is 0. The van der Waals surface area contributed by atoms with Gasteiger partial charge in [0.2, 0.25) is 0 Å². The number of carbonyl (C=O) groups excluding carboxylic acids is 3. The van der Waals surface area contributed by atoms with Crippen LogP contribution in [-0.4, -0.2) is 82.3 Å². The van der Waals surface area contributed by atoms with Gasteiger partial charge < -0.3 is 33.3 Å². The largest absolute Gasteiger partial charge is 0.545 e. The molecule has 0 saturated carbocycles. The third-order valence-corrected chi connectivity index (χ3v) is 10.7. The maximum absolute atomic E-state index is 12.8. The molecule has 2 unspecified atom stereocenters.